The van der Waals surface area contributed by atoms with Crippen LogP contribution in [0, 0.1) is 10.1 Å². The quantitative estimate of drug-likeness (QED) is 0.625. The van der Waals surface area contributed by atoms with Crippen molar-refractivity contribution in [3.05, 3.63) is 44.9 Å². The molecule has 0 saturated carbocycles. The Hall–Kier alpha value is -2.52. The van der Waals surface area contributed by atoms with E-state index in [0.717, 1.165) is 0 Å². The van der Waals surface area contributed by atoms with Crippen LogP contribution in [0.3, 0.4) is 0 Å². The molecule has 1 aliphatic heterocycles. The molecule has 0 spiro atoms. The third kappa shape index (κ3) is 2.83. The Morgan fingerprint density at radius 1 is 1.33 bits per heavy atom. The molecule has 128 valence electrons. The highest BCUT2D eigenvalue weighted by atomic mass is 16.6. The van der Waals surface area contributed by atoms with Gasteiger partial charge in [-0.05, 0) is 19.1 Å². The number of aliphatic hydroxyl groups excluding tert-OH is 1. The Morgan fingerprint density at radius 3 is 2.67 bits per heavy atom. The minimum Gasteiger partial charge on any atom is -0.395 e. The first-order valence-corrected chi connectivity index (χ1v) is 7.78. The average molecular weight is 333 g/mol. The summed E-state index contributed by atoms with van der Waals surface area (Å²) in [7, 11) is 0. The molecule has 9 nitrogen and oxygen atoms in total. The molecule has 0 aromatic carbocycles. The molecule has 2 aromatic rings. The van der Waals surface area contributed by atoms with E-state index in [0.29, 0.717) is 31.8 Å². The van der Waals surface area contributed by atoms with Gasteiger partial charge in [-0.1, -0.05) is 6.07 Å². The van der Waals surface area contributed by atoms with E-state index in [1.165, 1.54) is 10.6 Å². The van der Waals surface area contributed by atoms with E-state index in [9.17, 15) is 20.0 Å². The SMILES string of the molecule is C[C@@H](CO)N1CCN(c2nc3ccccn3c(=O)c2[N+](=O)[O-])CC1. The van der Waals surface area contributed by atoms with Crippen LogP contribution in [-0.4, -0.2) is 63.1 Å². The molecule has 24 heavy (non-hydrogen) atoms. The Kier molecular flexibility index (Phi) is 4.45. The van der Waals surface area contributed by atoms with E-state index in [4.69, 9.17) is 0 Å². The molecule has 0 unspecified atom stereocenters. The average Bonchev–Trinajstić information content (AvgIpc) is 2.60. The van der Waals surface area contributed by atoms with Gasteiger partial charge in [-0.15, -0.1) is 0 Å². The van der Waals surface area contributed by atoms with E-state index in [1.807, 2.05) is 6.92 Å². The van der Waals surface area contributed by atoms with Gasteiger partial charge in [0.25, 0.3) is 0 Å². The summed E-state index contributed by atoms with van der Waals surface area (Å²) in [6.07, 6.45) is 1.47. The second-order valence-corrected chi connectivity index (χ2v) is 5.83. The highest BCUT2D eigenvalue weighted by Crippen LogP contribution is 2.24. The molecule has 0 amide bonds. The van der Waals surface area contributed by atoms with E-state index in [2.05, 4.69) is 9.88 Å². The molecule has 1 N–H and O–H groups in total. The van der Waals surface area contributed by atoms with Gasteiger partial charge >= 0.3 is 11.2 Å². The molecular formula is C15H19N5O4. The fourth-order valence-corrected chi connectivity index (χ4v) is 2.94. The van der Waals surface area contributed by atoms with E-state index in [1.54, 1.807) is 23.1 Å². The molecule has 2 aromatic heterocycles. The molecule has 0 aliphatic carbocycles. The lowest BCUT2D eigenvalue weighted by Crippen LogP contribution is -2.51. The van der Waals surface area contributed by atoms with Crippen LogP contribution < -0.4 is 10.5 Å². The van der Waals surface area contributed by atoms with Gasteiger partial charge in [0.2, 0.25) is 5.82 Å². The monoisotopic (exact) mass is 333 g/mol. The molecule has 0 radical (unpaired) electrons. The fraction of sp³-hybridized carbons (Fsp3) is 0.467. The second kappa shape index (κ2) is 6.54. The zero-order valence-corrected chi connectivity index (χ0v) is 13.3. The van der Waals surface area contributed by atoms with Gasteiger partial charge in [-0.25, -0.2) is 4.98 Å². The summed E-state index contributed by atoms with van der Waals surface area (Å²) in [6, 6.07) is 5.06. The van der Waals surface area contributed by atoms with Gasteiger partial charge in [-0.2, -0.15) is 0 Å². The molecule has 0 bridgehead atoms. The van der Waals surface area contributed by atoms with Crippen LogP contribution in [0.5, 0.6) is 0 Å². The summed E-state index contributed by atoms with van der Waals surface area (Å²) in [6.45, 7) is 4.32. The number of pyridine rings is 1. The number of piperazine rings is 1. The Balaban J connectivity index is 1.99. The number of anilines is 1. The lowest BCUT2D eigenvalue weighted by molar-refractivity contribution is -0.385. The van der Waals surface area contributed by atoms with E-state index in [-0.39, 0.29) is 18.5 Å². The van der Waals surface area contributed by atoms with Gasteiger partial charge in [0.15, 0.2) is 0 Å². The largest absolute Gasteiger partial charge is 0.395 e. The van der Waals surface area contributed by atoms with Gasteiger partial charge in [0.1, 0.15) is 5.65 Å². The van der Waals surface area contributed by atoms with Crippen molar-refractivity contribution < 1.29 is 10.0 Å². The summed E-state index contributed by atoms with van der Waals surface area (Å²) >= 11 is 0. The van der Waals surface area contributed by atoms with E-state index >= 15 is 0 Å². The number of nitro groups is 1. The highest BCUT2D eigenvalue weighted by molar-refractivity contribution is 5.61. The number of hydrogen-bond donors (Lipinski definition) is 1. The van der Waals surface area contributed by atoms with Crippen LogP contribution in [0.25, 0.3) is 5.65 Å². The van der Waals surface area contributed by atoms with Crippen LogP contribution in [0.4, 0.5) is 11.5 Å². The van der Waals surface area contributed by atoms with Crippen molar-refractivity contribution in [1.29, 1.82) is 0 Å². The maximum atomic E-state index is 12.5. The lowest BCUT2D eigenvalue weighted by Gasteiger charge is -2.37. The van der Waals surface area contributed by atoms with Crippen molar-refractivity contribution in [2.75, 3.05) is 37.7 Å². The normalized spacial score (nSPS) is 17.2. The molecule has 1 saturated heterocycles. The zero-order valence-electron chi connectivity index (χ0n) is 13.3. The topological polar surface area (TPSA) is 104 Å². The standard InChI is InChI=1S/C15H19N5O4/c1-11(10-21)17-6-8-18(9-7-17)14-13(20(23)24)15(22)19-5-3-2-4-12(19)16-14/h2-5,11,21H,6-10H2,1H3/t11-/m0/s1. The Morgan fingerprint density at radius 2 is 2.04 bits per heavy atom. The van der Waals surface area contributed by atoms with Crippen LogP contribution in [0.1, 0.15) is 6.92 Å². The molecule has 1 fully saturated rings. The van der Waals surface area contributed by atoms with Crippen molar-refractivity contribution in [3.8, 4) is 0 Å². The first-order chi connectivity index (χ1) is 11.5. The number of aliphatic hydroxyl groups is 1. The van der Waals surface area contributed by atoms with Crippen LogP contribution in [-0.2, 0) is 0 Å². The van der Waals surface area contributed by atoms with Gasteiger partial charge in [0.05, 0.1) is 11.5 Å². The van der Waals surface area contributed by atoms with Crippen molar-refractivity contribution in [3.63, 3.8) is 0 Å². The Bertz CT molecular complexity index is 813. The highest BCUT2D eigenvalue weighted by Gasteiger charge is 2.30. The fourth-order valence-electron chi connectivity index (χ4n) is 2.94. The molecule has 1 aliphatic rings. The molecule has 9 heteroatoms. The van der Waals surface area contributed by atoms with Crippen molar-refractivity contribution in [2.45, 2.75) is 13.0 Å². The minimum absolute atomic E-state index is 0.0392. The molecule has 3 rings (SSSR count). The van der Waals surface area contributed by atoms with Crippen molar-refractivity contribution >= 4 is 17.2 Å². The number of nitrogens with zero attached hydrogens (tertiary/aromatic N) is 5. The zero-order chi connectivity index (χ0) is 17.3. The van der Waals surface area contributed by atoms with Crippen molar-refractivity contribution in [2.24, 2.45) is 0 Å². The summed E-state index contributed by atoms with van der Waals surface area (Å²) in [4.78, 5) is 31.5. The first kappa shape index (κ1) is 16.3. The number of aromatic nitrogens is 2. The predicted molar refractivity (Wildman–Crippen MR) is 88.5 cm³/mol. The summed E-state index contributed by atoms with van der Waals surface area (Å²) in [5.41, 5.74) is -0.789. The number of rotatable bonds is 4. The smallest absolute Gasteiger partial charge is 0.376 e. The second-order valence-electron chi connectivity index (χ2n) is 5.83. The van der Waals surface area contributed by atoms with Gasteiger partial charge in [-0.3, -0.25) is 24.2 Å². The third-order valence-corrected chi connectivity index (χ3v) is 4.38. The summed E-state index contributed by atoms with van der Waals surface area (Å²) < 4.78 is 1.19. The Labute approximate surface area is 137 Å². The predicted octanol–water partition coefficient (Wildman–Crippen LogP) is 0.106. The van der Waals surface area contributed by atoms with E-state index < -0.39 is 16.2 Å². The molecule has 3 heterocycles. The first-order valence-electron chi connectivity index (χ1n) is 7.78. The maximum Gasteiger partial charge on any atom is 0.376 e. The van der Waals surface area contributed by atoms with Gasteiger partial charge in [0, 0.05) is 38.4 Å². The molecule has 1 atom stereocenters. The maximum absolute atomic E-state index is 12.5. The van der Waals surface area contributed by atoms with Crippen LogP contribution >= 0.6 is 0 Å². The van der Waals surface area contributed by atoms with Crippen LogP contribution in [0.2, 0.25) is 0 Å². The van der Waals surface area contributed by atoms with Crippen LogP contribution in [0.15, 0.2) is 29.2 Å². The number of fused-ring (bicyclic) bond motifs is 1. The number of hydrogen-bond acceptors (Lipinski definition) is 7. The van der Waals surface area contributed by atoms with Crippen molar-refractivity contribution in [1.82, 2.24) is 14.3 Å². The molecular weight excluding hydrogens is 314 g/mol. The third-order valence-electron chi connectivity index (χ3n) is 4.38. The lowest BCUT2D eigenvalue weighted by atomic mass is 10.2. The summed E-state index contributed by atoms with van der Waals surface area (Å²) in [5, 5.41) is 20.7. The summed E-state index contributed by atoms with van der Waals surface area (Å²) in [5.74, 6) is 0.118. The minimum atomic E-state index is -0.674. The van der Waals surface area contributed by atoms with Gasteiger partial charge < -0.3 is 10.0 Å².